The van der Waals surface area contributed by atoms with Crippen LogP contribution in [0.3, 0.4) is 0 Å². The van der Waals surface area contributed by atoms with E-state index in [4.69, 9.17) is 4.98 Å². The third-order valence-corrected chi connectivity index (χ3v) is 5.89. The van der Waals surface area contributed by atoms with Crippen LogP contribution < -0.4 is 4.90 Å². The van der Waals surface area contributed by atoms with E-state index in [9.17, 15) is 0 Å². The van der Waals surface area contributed by atoms with Crippen LogP contribution in [0.25, 0.3) is 22.4 Å². The molecule has 0 bridgehead atoms. The summed E-state index contributed by atoms with van der Waals surface area (Å²) < 4.78 is 3.24. The fourth-order valence-electron chi connectivity index (χ4n) is 3.99. The molecule has 3 aromatic heterocycles. The molecule has 0 amide bonds. The van der Waals surface area contributed by atoms with Crippen molar-refractivity contribution in [3.05, 3.63) is 53.4 Å². The summed E-state index contributed by atoms with van der Waals surface area (Å²) in [6.45, 7) is 1.88. The molecule has 29 heavy (non-hydrogen) atoms. The zero-order chi connectivity index (χ0) is 19.1. The van der Waals surface area contributed by atoms with E-state index in [1.165, 1.54) is 0 Å². The van der Waals surface area contributed by atoms with E-state index in [1.807, 2.05) is 12.1 Å². The standard InChI is InChI=1S/C20H20BrN7.ClH/c1-27-10-16(14-3-2-4-15(21)9-14)26-19(27)13-5-7-28(8-6-13)20-17-18(23-11-22-17)24-12-25-20;/h2-4,9-13H,5-8H2,1H3,(H,22,23,24,25);1H. The third kappa shape index (κ3) is 3.74. The first-order chi connectivity index (χ1) is 13.7. The Bertz CT molecular complexity index is 1130. The molecule has 1 N–H and O–H groups in total. The van der Waals surface area contributed by atoms with Crippen LogP contribution in [-0.4, -0.2) is 42.6 Å². The van der Waals surface area contributed by atoms with Crippen molar-refractivity contribution >= 4 is 45.3 Å². The van der Waals surface area contributed by atoms with Gasteiger partial charge in [0, 0.05) is 42.3 Å². The first-order valence-corrected chi connectivity index (χ1v) is 10.2. The van der Waals surface area contributed by atoms with Gasteiger partial charge in [0.2, 0.25) is 0 Å². The molecule has 0 unspecified atom stereocenters. The summed E-state index contributed by atoms with van der Waals surface area (Å²) in [7, 11) is 2.09. The average Bonchev–Trinajstić information content (AvgIpc) is 3.34. The summed E-state index contributed by atoms with van der Waals surface area (Å²) in [5.74, 6) is 2.54. The van der Waals surface area contributed by atoms with Gasteiger partial charge in [-0.25, -0.2) is 19.9 Å². The Morgan fingerprint density at radius 3 is 2.76 bits per heavy atom. The molecule has 1 aromatic carbocycles. The van der Waals surface area contributed by atoms with Gasteiger partial charge in [-0.15, -0.1) is 12.4 Å². The van der Waals surface area contributed by atoms with Crippen molar-refractivity contribution in [2.24, 2.45) is 7.05 Å². The van der Waals surface area contributed by atoms with Gasteiger partial charge in [0.1, 0.15) is 17.7 Å². The Kier molecular flexibility index (Phi) is 5.56. The minimum Gasteiger partial charge on any atom is -0.355 e. The minimum absolute atomic E-state index is 0. The molecular weight excluding hydrogens is 454 g/mol. The van der Waals surface area contributed by atoms with Gasteiger partial charge in [0.15, 0.2) is 11.5 Å². The second kappa shape index (κ2) is 8.12. The van der Waals surface area contributed by atoms with Crippen molar-refractivity contribution in [3.63, 3.8) is 0 Å². The number of piperidine rings is 1. The van der Waals surface area contributed by atoms with Gasteiger partial charge in [0.25, 0.3) is 0 Å². The fraction of sp³-hybridized carbons (Fsp3) is 0.300. The van der Waals surface area contributed by atoms with Gasteiger partial charge in [-0.1, -0.05) is 28.1 Å². The van der Waals surface area contributed by atoms with Crippen LogP contribution in [0.4, 0.5) is 5.82 Å². The first-order valence-electron chi connectivity index (χ1n) is 9.37. The molecule has 0 saturated carbocycles. The van der Waals surface area contributed by atoms with Crippen LogP contribution in [-0.2, 0) is 7.05 Å². The summed E-state index contributed by atoms with van der Waals surface area (Å²) in [5, 5.41) is 0. The smallest absolute Gasteiger partial charge is 0.182 e. The van der Waals surface area contributed by atoms with E-state index in [2.05, 4.69) is 70.7 Å². The topological polar surface area (TPSA) is 75.5 Å². The number of anilines is 1. The van der Waals surface area contributed by atoms with E-state index in [0.29, 0.717) is 5.92 Å². The number of hydrogen-bond acceptors (Lipinski definition) is 5. The van der Waals surface area contributed by atoms with Crippen molar-refractivity contribution in [1.82, 2.24) is 29.5 Å². The third-order valence-electron chi connectivity index (χ3n) is 5.40. The Labute approximate surface area is 183 Å². The number of imidazole rings is 2. The van der Waals surface area contributed by atoms with Gasteiger partial charge in [-0.05, 0) is 25.0 Å². The number of rotatable bonds is 3. The van der Waals surface area contributed by atoms with Gasteiger partial charge < -0.3 is 14.5 Å². The summed E-state index contributed by atoms with van der Waals surface area (Å²) >= 11 is 3.55. The van der Waals surface area contributed by atoms with Crippen LogP contribution in [0.15, 0.2) is 47.6 Å². The summed E-state index contributed by atoms with van der Waals surface area (Å²) in [6.07, 6.45) is 7.48. The molecule has 4 heterocycles. The number of aryl methyl sites for hydroxylation is 1. The van der Waals surface area contributed by atoms with Crippen LogP contribution in [0.5, 0.6) is 0 Å². The summed E-state index contributed by atoms with van der Waals surface area (Å²) in [6, 6.07) is 8.29. The second-order valence-electron chi connectivity index (χ2n) is 7.17. The van der Waals surface area contributed by atoms with Gasteiger partial charge in [-0.2, -0.15) is 0 Å². The number of benzene rings is 1. The largest absolute Gasteiger partial charge is 0.355 e. The van der Waals surface area contributed by atoms with E-state index in [-0.39, 0.29) is 12.4 Å². The number of H-pyrrole nitrogens is 1. The van der Waals surface area contributed by atoms with Crippen molar-refractivity contribution in [1.29, 1.82) is 0 Å². The highest BCUT2D eigenvalue weighted by atomic mass is 79.9. The Hall–Kier alpha value is -2.45. The van der Waals surface area contributed by atoms with Crippen molar-refractivity contribution in [2.45, 2.75) is 18.8 Å². The van der Waals surface area contributed by atoms with Crippen LogP contribution in [0.1, 0.15) is 24.6 Å². The first kappa shape index (κ1) is 19.8. The molecule has 4 aromatic rings. The van der Waals surface area contributed by atoms with Crippen LogP contribution >= 0.6 is 28.3 Å². The molecule has 1 saturated heterocycles. The minimum atomic E-state index is 0. The lowest BCUT2D eigenvalue weighted by molar-refractivity contribution is 0.474. The predicted octanol–water partition coefficient (Wildman–Crippen LogP) is 4.32. The van der Waals surface area contributed by atoms with Gasteiger partial charge in [0.05, 0.1) is 12.0 Å². The lowest BCUT2D eigenvalue weighted by Crippen LogP contribution is -2.34. The molecule has 1 fully saturated rings. The molecule has 5 rings (SSSR count). The van der Waals surface area contributed by atoms with Crippen LogP contribution in [0, 0.1) is 0 Å². The number of hydrogen-bond donors (Lipinski definition) is 1. The maximum absolute atomic E-state index is 4.97. The normalized spacial score (nSPS) is 14.9. The lowest BCUT2D eigenvalue weighted by atomic mass is 9.96. The van der Waals surface area contributed by atoms with E-state index in [0.717, 1.165) is 64.5 Å². The number of aromatic amines is 1. The molecule has 150 valence electrons. The van der Waals surface area contributed by atoms with Gasteiger partial charge >= 0.3 is 0 Å². The number of aromatic nitrogens is 6. The van der Waals surface area contributed by atoms with Crippen LogP contribution in [0.2, 0.25) is 0 Å². The fourth-order valence-corrected chi connectivity index (χ4v) is 4.39. The van der Waals surface area contributed by atoms with Crippen molar-refractivity contribution in [3.8, 4) is 11.3 Å². The second-order valence-corrected chi connectivity index (χ2v) is 8.08. The molecule has 1 aliphatic heterocycles. The van der Waals surface area contributed by atoms with Crippen molar-refractivity contribution < 1.29 is 0 Å². The SMILES string of the molecule is Cl.Cn1cc(-c2cccc(Br)c2)nc1C1CCN(c2ncnc3nc[nH]c23)CC1. The van der Waals surface area contributed by atoms with E-state index < -0.39 is 0 Å². The summed E-state index contributed by atoms with van der Waals surface area (Å²) in [5.41, 5.74) is 3.79. The average molecular weight is 475 g/mol. The zero-order valence-electron chi connectivity index (χ0n) is 15.9. The molecule has 0 aliphatic carbocycles. The maximum Gasteiger partial charge on any atom is 0.182 e. The highest BCUT2D eigenvalue weighted by Gasteiger charge is 2.26. The quantitative estimate of drug-likeness (QED) is 0.478. The Morgan fingerprint density at radius 2 is 1.97 bits per heavy atom. The van der Waals surface area contributed by atoms with Crippen molar-refractivity contribution in [2.75, 3.05) is 18.0 Å². The molecule has 7 nitrogen and oxygen atoms in total. The maximum atomic E-state index is 4.97. The van der Waals surface area contributed by atoms with E-state index >= 15 is 0 Å². The van der Waals surface area contributed by atoms with Gasteiger partial charge in [-0.3, -0.25) is 0 Å². The molecule has 9 heteroatoms. The molecular formula is C20H21BrClN7. The highest BCUT2D eigenvalue weighted by molar-refractivity contribution is 9.10. The number of nitrogens with one attached hydrogen (secondary N) is 1. The molecule has 0 radical (unpaired) electrons. The molecule has 0 atom stereocenters. The monoisotopic (exact) mass is 473 g/mol. The Balaban J connectivity index is 0.00000205. The van der Waals surface area contributed by atoms with E-state index in [1.54, 1.807) is 12.7 Å². The number of halogens is 2. The predicted molar refractivity (Wildman–Crippen MR) is 119 cm³/mol. The lowest BCUT2D eigenvalue weighted by Gasteiger charge is -2.32. The highest BCUT2D eigenvalue weighted by Crippen LogP contribution is 2.32. The zero-order valence-corrected chi connectivity index (χ0v) is 18.3. The number of nitrogens with zero attached hydrogens (tertiary/aromatic N) is 6. The summed E-state index contributed by atoms with van der Waals surface area (Å²) in [4.78, 5) is 23.4. The molecule has 1 aliphatic rings. The molecule has 0 spiro atoms. The Morgan fingerprint density at radius 1 is 1.14 bits per heavy atom. The number of fused-ring (bicyclic) bond motifs is 1.